The Morgan fingerprint density at radius 3 is 2.32 bits per heavy atom. The second-order valence-electron chi connectivity index (χ2n) is 18.5. The number of amides is 2. The SMILES string of the molecule is CS(=O)(=O)N1CCc2cccc(Nc3nc(Nc4ccc(N5CCC(N6CCN(CCC7CCN(c8ccc(C9CCC(=O)NC9=O)c(F)c8)CC7)CC6)CC5)c(F)c4)nc4[nH]ccc34)c21. The predicted octanol–water partition coefficient (Wildman–Crippen LogP) is 6.46. The summed E-state index contributed by atoms with van der Waals surface area (Å²) in [7, 11) is -3.47. The maximum Gasteiger partial charge on any atom is 0.234 e. The second kappa shape index (κ2) is 18.4. The minimum atomic E-state index is -3.47. The lowest BCUT2D eigenvalue weighted by atomic mass is 9.89. The summed E-state index contributed by atoms with van der Waals surface area (Å²) in [4.78, 5) is 46.0. The highest BCUT2D eigenvalue weighted by Gasteiger charge is 2.33. The van der Waals surface area contributed by atoms with Gasteiger partial charge in [-0.1, -0.05) is 18.2 Å². The molecule has 5 aliphatic rings. The summed E-state index contributed by atoms with van der Waals surface area (Å²) >= 11 is 0. The second-order valence-corrected chi connectivity index (χ2v) is 20.4. The summed E-state index contributed by atoms with van der Waals surface area (Å²) in [5.41, 5.74) is 5.07. The van der Waals surface area contributed by atoms with Crippen molar-refractivity contribution in [2.75, 3.05) is 96.4 Å². The monoisotopic (exact) mass is 921 g/mol. The van der Waals surface area contributed by atoms with E-state index in [-0.39, 0.29) is 29.9 Å². The molecule has 0 radical (unpaired) electrons. The van der Waals surface area contributed by atoms with E-state index in [0.717, 1.165) is 108 Å². The van der Waals surface area contributed by atoms with Crippen molar-refractivity contribution in [3.8, 4) is 0 Å². The van der Waals surface area contributed by atoms with Gasteiger partial charge in [0.2, 0.25) is 27.8 Å². The average molecular weight is 922 g/mol. The van der Waals surface area contributed by atoms with E-state index >= 15 is 8.78 Å². The normalized spacial score (nSPS) is 20.5. The maximum absolute atomic E-state index is 15.8. The Morgan fingerprint density at radius 2 is 1.58 bits per heavy atom. The Kier molecular flexibility index (Phi) is 12.3. The van der Waals surface area contributed by atoms with Crippen molar-refractivity contribution in [2.24, 2.45) is 5.92 Å². The van der Waals surface area contributed by atoms with E-state index in [9.17, 15) is 18.0 Å². The van der Waals surface area contributed by atoms with Crippen molar-refractivity contribution in [1.29, 1.82) is 0 Å². The number of hydrogen-bond donors (Lipinski definition) is 4. The number of anilines is 7. The van der Waals surface area contributed by atoms with Crippen molar-refractivity contribution in [3.63, 3.8) is 0 Å². The molecular formula is C48H57F2N11O4S. The first-order chi connectivity index (χ1) is 31.9. The quantitative estimate of drug-likeness (QED) is 0.101. The number of carbonyl (C=O) groups is 2. The van der Waals surface area contributed by atoms with Crippen molar-refractivity contribution in [1.82, 2.24) is 30.1 Å². The number of nitrogens with one attached hydrogen (secondary N) is 4. The van der Waals surface area contributed by atoms with Crippen molar-refractivity contribution < 1.29 is 26.8 Å². The largest absolute Gasteiger partial charge is 0.371 e. The highest BCUT2D eigenvalue weighted by atomic mass is 32.2. The minimum Gasteiger partial charge on any atom is -0.371 e. The molecule has 3 aromatic carbocycles. The third-order valence-electron chi connectivity index (χ3n) is 14.4. The number of fused-ring (bicyclic) bond motifs is 2. The van der Waals surface area contributed by atoms with Gasteiger partial charge in [-0.05, 0) is 105 Å². The summed E-state index contributed by atoms with van der Waals surface area (Å²) in [5, 5.41) is 9.61. The molecule has 5 aliphatic heterocycles. The summed E-state index contributed by atoms with van der Waals surface area (Å²) in [5.74, 6) is -0.643. The summed E-state index contributed by atoms with van der Waals surface area (Å²) in [6.45, 7) is 8.98. The number of para-hydroxylation sites is 1. The van der Waals surface area contributed by atoms with Crippen LogP contribution in [0.5, 0.6) is 0 Å². The van der Waals surface area contributed by atoms with Crippen LogP contribution in [0.15, 0.2) is 66.9 Å². The molecule has 4 N–H and O–H groups in total. The van der Waals surface area contributed by atoms with E-state index in [0.29, 0.717) is 71.1 Å². The smallest absolute Gasteiger partial charge is 0.234 e. The van der Waals surface area contributed by atoms with E-state index in [1.807, 2.05) is 42.5 Å². The highest BCUT2D eigenvalue weighted by Crippen LogP contribution is 2.40. The number of halogens is 2. The van der Waals surface area contributed by atoms with Gasteiger partial charge in [0.05, 0.1) is 34.6 Å². The number of piperidine rings is 3. The van der Waals surface area contributed by atoms with Gasteiger partial charge in [-0.25, -0.2) is 17.2 Å². The molecule has 1 unspecified atom stereocenters. The van der Waals surface area contributed by atoms with Gasteiger partial charge >= 0.3 is 0 Å². The van der Waals surface area contributed by atoms with Crippen molar-refractivity contribution in [3.05, 3.63) is 89.6 Å². The number of piperazine rings is 1. The van der Waals surface area contributed by atoms with E-state index in [2.05, 4.69) is 45.5 Å². The lowest BCUT2D eigenvalue weighted by molar-refractivity contribution is -0.134. The van der Waals surface area contributed by atoms with Crippen molar-refractivity contribution >= 4 is 73.1 Å². The molecule has 7 heterocycles. The van der Waals surface area contributed by atoms with Crippen LogP contribution in [0, 0.1) is 17.6 Å². The molecule has 348 valence electrons. The first-order valence-electron chi connectivity index (χ1n) is 23.3. The van der Waals surface area contributed by atoms with Crippen LogP contribution in [-0.2, 0) is 26.0 Å². The van der Waals surface area contributed by atoms with Crippen LogP contribution in [0.25, 0.3) is 11.0 Å². The number of hydrogen-bond acceptors (Lipinski definition) is 12. The lowest BCUT2D eigenvalue weighted by Gasteiger charge is -2.43. The number of carbonyl (C=O) groups excluding carboxylic acids is 2. The first kappa shape index (κ1) is 44.0. The Morgan fingerprint density at radius 1 is 0.788 bits per heavy atom. The first-order valence-corrected chi connectivity index (χ1v) is 25.2. The number of aromatic nitrogens is 3. The molecule has 0 bridgehead atoms. The molecule has 15 nitrogen and oxygen atoms in total. The molecule has 18 heteroatoms. The van der Waals surface area contributed by atoms with Crippen LogP contribution in [0.2, 0.25) is 0 Å². The molecule has 4 fully saturated rings. The highest BCUT2D eigenvalue weighted by molar-refractivity contribution is 7.92. The third kappa shape index (κ3) is 9.27. The van der Waals surface area contributed by atoms with E-state index in [1.165, 1.54) is 16.6 Å². The molecule has 0 spiro atoms. The van der Waals surface area contributed by atoms with E-state index < -0.39 is 21.8 Å². The van der Waals surface area contributed by atoms with Gasteiger partial charge in [-0.15, -0.1) is 0 Å². The molecular weight excluding hydrogens is 865 g/mol. The Labute approximate surface area is 384 Å². The zero-order valence-electron chi connectivity index (χ0n) is 37.2. The Hall–Kier alpha value is -5.85. The van der Waals surface area contributed by atoms with Crippen molar-refractivity contribution in [2.45, 2.75) is 63.3 Å². The van der Waals surface area contributed by atoms with E-state index in [1.54, 1.807) is 18.3 Å². The number of nitrogens with zero attached hydrogens (tertiary/aromatic N) is 7. The summed E-state index contributed by atoms with van der Waals surface area (Å²) < 4.78 is 57.6. The third-order valence-corrected chi connectivity index (χ3v) is 15.6. The number of aromatic amines is 1. The van der Waals surface area contributed by atoms with Gasteiger partial charge in [0.1, 0.15) is 23.1 Å². The molecule has 0 saturated carbocycles. The molecule has 5 aromatic rings. The van der Waals surface area contributed by atoms with Gasteiger partial charge < -0.3 is 30.3 Å². The fourth-order valence-electron chi connectivity index (χ4n) is 10.7. The van der Waals surface area contributed by atoms with E-state index in [4.69, 9.17) is 4.98 Å². The molecule has 0 aliphatic carbocycles. The van der Waals surface area contributed by atoms with Gasteiger partial charge in [0.15, 0.2) is 0 Å². The lowest BCUT2D eigenvalue weighted by Crippen LogP contribution is -2.53. The minimum absolute atomic E-state index is 0.229. The van der Waals surface area contributed by atoms with Crippen LogP contribution < -0.4 is 30.1 Å². The zero-order valence-corrected chi connectivity index (χ0v) is 38.1. The standard InChI is InChI=1S/C48H57F2N11O4S/c1-66(64,65)61-24-15-32-3-2-4-41(44(32)61)53-46-38-11-18-51-45(38)55-48(56-46)52-33-5-9-42(40(50)29-33)60-22-16-34(17-23-60)59-27-25-57(26-28-59)19-12-31-13-20-58(21-14-31)35-6-7-36(39(49)30-35)37-8-10-43(62)54-47(37)63/h2-7,9,11,18,29-31,34,37H,8,10,12-17,19-28H2,1H3,(H,54,62,63)(H3,51,52,53,55,56). The van der Waals surface area contributed by atoms with Crippen LogP contribution in [-0.4, -0.2) is 123 Å². The Bertz CT molecular complexity index is 2730. The van der Waals surface area contributed by atoms with Gasteiger partial charge in [-0.3, -0.25) is 24.1 Å². The zero-order chi connectivity index (χ0) is 45.5. The number of rotatable bonds is 12. The fraction of sp³-hybridized carbons (Fsp3) is 0.458. The number of H-pyrrole nitrogens is 1. The van der Waals surface area contributed by atoms with Crippen LogP contribution >= 0.6 is 0 Å². The topological polar surface area (TPSA) is 162 Å². The summed E-state index contributed by atoms with van der Waals surface area (Å²) in [6, 6.07) is 18.3. The molecule has 66 heavy (non-hydrogen) atoms. The maximum atomic E-state index is 15.8. The van der Waals surface area contributed by atoms with Gasteiger partial charge in [-0.2, -0.15) is 9.97 Å². The number of imide groups is 1. The average Bonchev–Trinajstić information content (AvgIpc) is 3.98. The number of sulfonamides is 1. The summed E-state index contributed by atoms with van der Waals surface area (Å²) in [6.07, 6.45) is 9.43. The molecule has 4 saturated heterocycles. The fourth-order valence-corrected chi connectivity index (χ4v) is 11.7. The van der Waals surface area contributed by atoms with Crippen LogP contribution in [0.1, 0.15) is 62.0 Å². The predicted molar refractivity (Wildman–Crippen MR) is 254 cm³/mol. The number of benzene rings is 3. The molecule has 1 atom stereocenters. The molecule has 2 amide bonds. The van der Waals surface area contributed by atoms with Crippen LogP contribution in [0.4, 0.5) is 49.0 Å². The Balaban J connectivity index is 0.675. The van der Waals surface area contributed by atoms with Gasteiger partial charge in [0.25, 0.3) is 0 Å². The van der Waals surface area contributed by atoms with Crippen LogP contribution in [0.3, 0.4) is 0 Å². The molecule has 10 rings (SSSR count). The van der Waals surface area contributed by atoms with Gasteiger partial charge in [0, 0.05) is 94.5 Å². The molecule has 2 aromatic heterocycles.